The van der Waals surface area contributed by atoms with Crippen molar-refractivity contribution in [3.63, 3.8) is 0 Å². The molecule has 1 aromatic rings. The van der Waals surface area contributed by atoms with E-state index in [1.54, 1.807) is 0 Å². The largest absolute Gasteiger partial charge is 0.326 e. The van der Waals surface area contributed by atoms with Crippen molar-refractivity contribution in [2.45, 2.75) is 58.2 Å². The maximum absolute atomic E-state index is 6.46. The highest BCUT2D eigenvalue weighted by atomic mass is 35.5. The van der Waals surface area contributed by atoms with Crippen LogP contribution in [-0.4, -0.2) is 23.5 Å². The van der Waals surface area contributed by atoms with E-state index in [0.717, 1.165) is 18.0 Å². The van der Waals surface area contributed by atoms with Crippen LogP contribution >= 0.6 is 11.6 Å². The van der Waals surface area contributed by atoms with E-state index in [9.17, 15) is 0 Å². The molecule has 3 atom stereocenters. The topological polar surface area (TPSA) is 29.3 Å². The Kier molecular flexibility index (Phi) is 5.48. The van der Waals surface area contributed by atoms with Gasteiger partial charge in [-0.05, 0) is 49.4 Å². The van der Waals surface area contributed by atoms with Gasteiger partial charge in [0.1, 0.15) is 0 Å². The summed E-state index contributed by atoms with van der Waals surface area (Å²) >= 11 is 6.18. The third-order valence-corrected chi connectivity index (χ3v) is 4.77. The monoisotopic (exact) mass is 294 g/mol. The van der Waals surface area contributed by atoms with Gasteiger partial charge < -0.3 is 5.73 Å². The maximum atomic E-state index is 6.46. The molecule has 1 fully saturated rings. The predicted molar refractivity (Wildman–Crippen MR) is 87.0 cm³/mol. The van der Waals surface area contributed by atoms with E-state index in [0.29, 0.717) is 12.0 Å². The first kappa shape index (κ1) is 15.8. The summed E-state index contributed by atoms with van der Waals surface area (Å²) in [4.78, 5) is 2.62. The number of hydrogen-bond acceptors (Lipinski definition) is 2. The lowest BCUT2D eigenvalue weighted by Gasteiger charge is -2.38. The Hall–Kier alpha value is -0.570. The zero-order valence-electron chi connectivity index (χ0n) is 12.8. The molecule has 1 heterocycles. The molecule has 0 radical (unpaired) electrons. The standard InChI is InChI=1S/C17H27ClN2/c1-4-15(19)17(13-7-5-8-14(18)11-13)20-10-6-9-16(20)12(2)3/h5,7-8,11-12,15-17H,4,6,9-10,19H2,1-3H3. The third-order valence-electron chi connectivity index (χ3n) is 4.54. The molecule has 2 N–H and O–H groups in total. The average molecular weight is 295 g/mol. The van der Waals surface area contributed by atoms with Crippen molar-refractivity contribution < 1.29 is 0 Å². The van der Waals surface area contributed by atoms with E-state index >= 15 is 0 Å². The summed E-state index contributed by atoms with van der Waals surface area (Å²) in [6.45, 7) is 7.95. The fourth-order valence-corrected chi connectivity index (χ4v) is 3.67. The van der Waals surface area contributed by atoms with E-state index in [1.165, 1.54) is 18.4 Å². The van der Waals surface area contributed by atoms with Crippen LogP contribution < -0.4 is 5.73 Å². The highest BCUT2D eigenvalue weighted by Gasteiger charge is 2.35. The highest BCUT2D eigenvalue weighted by molar-refractivity contribution is 6.30. The van der Waals surface area contributed by atoms with Gasteiger partial charge in [-0.15, -0.1) is 0 Å². The Morgan fingerprint density at radius 3 is 2.75 bits per heavy atom. The molecule has 3 unspecified atom stereocenters. The van der Waals surface area contributed by atoms with Gasteiger partial charge >= 0.3 is 0 Å². The second-order valence-corrected chi connectivity index (χ2v) is 6.70. The molecule has 1 saturated heterocycles. The van der Waals surface area contributed by atoms with Crippen LogP contribution in [0.2, 0.25) is 5.02 Å². The van der Waals surface area contributed by atoms with E-state index < -0.39 is 0 Å². The van der Waals surface area contributed by atoms with Gasteiger partial charge in [-0.25, -0.2) is 0 Å². The molecule has 2 rings (SSSR count). The summed E-state index contributed by atoms with van der Waals surface area (Å²) in [5.74, 6) is 0.670. The van der Waals surface area contributed by atoms with Crippen LogP contribution in [0.1, 0.15) is 51.6 Å². The number of benzene rings is 1. The zero-order valence-corrected chi connectivity index (χ0v) is 13.6. The van der Waals surface area contributed by atoms with Crippen molar-refractivity contribution in [2.75, 3.05) is 6.54 Å². The van der Waals surface area contributed by atoms with Crippen LogP contribution in [0.5, 0.6) is 0 Å². The molecule has 1 aliphatic rings. The smallest absolute Gasteiger partial charge is 0.0502 e. The quantitative estimate of drug-likeness (QED) is 0.880. The molecule has 112 valence electrons. The van der Waals surface area contributed by atoms with E-state index in [2.05, 4.69) is 37.8 Å². The van der Waals surface area contributed by atoms with Crippen molar-refractivity contribution in [1.82, 2.24) is 4.90 Å². The summed E-state index contributed by atoms with van der Waals surface area (Å²) in [6, 6.07) is 9.30. The lowest BCUT2D eigenvalue weighted by atomic mass is 9.93. The lowest BCUT2D eigenvalue weighted by molar-refractivity contribution is 0.125. The fraction of sp³-hybridized carbons (Fsp3) is 0.647. The predicted octanol–water partition coefficient (Wildman–Crippen LogP) is 4.24. The normalized spacial score (nSPS) is 23.2. The molecule has 0 amide bonds. The molecule has 0 aliphatic carbocycles. The first-order chi connectivity index (χ1) is 9.54. The Balaban J connectivity index is 2.32. The van der Waals surface area contributed by atoms with Gasteiger partial charge in [-0.1, -0.05) is 44.5 Å². The molecule has 3 heteroatoms. The maximum Gasteiger partial charge on any atom is 0.0502 e. The van der Waals surface area contributed by atoms with Gasteiger partial charge in [0.05, 0.1) is 6.04 Å². The summed E-state index contributed by atoms with van der Waals surface area (Å²) in [5.41, 5.74) is 7.72. The average Bonchev–Trinajstić information content (AvgIpc) is 2.88. The summed E-state index contributed by atoms with van der Waals surface area (Å²) in [6.07, 6.45) is 3.54. The van der Waals surface area contributed by atoms with Crippen LogP contribution in [0.25, 0.3) is 0 Å². The number of halogens is 1. The lowest BCUT2D eigenvalue weighted by Crippen LogP contribution is -2.44. The van der Waals surface area contributed by atoms with E-state index in [-0.39, 0.29) is 12.1 Å². The first-order valence-electron chi connectivity index (χ1n) is 7.81. The summed E-state index contributed by atoms with van der Waals surface area (Å²) in [5, 5.41) is 0.802. The zero-order chi connectivity index (χ0) is 14.7. The van der Waals surface area contributed by atoms with Crippen LogP contribution in [0.15, 0.2) is 24.3 Å². The molecule has 1 aromatic carbocycles. The van der Waals surface area contributed by atoms with Crippen molar-refractivity contribution in [3.05, 3.63) is 34.9 Å². The Morgan fingerprint density at radius 1 is 1.40 bits per heavy atom. The summed E-state index contributed by atoms with van der Waals surface area (Å²) < 4.78 is 0. The second kappa shape index (κ2) is 6.93. The number of rotatable bonds is 5. The second-order valence-electron chi connectivity index (χ2n) is 6.26. The van der Waals surface area contributed by atoms with E-state index in [1.807, 2.05) is 12.1 Å². The third kappa shape index (κ3) is 3.36. The molecule has 20 heavy (non-hydrogen) atoms. The number of hydrogen-bond donors (Lipinski definition) is 1. The number of likely N-dealkylation sites (tertiary alicyclic amines) is 1. The van der Waals surface area contributed by atoms with Gasteiger partial charge in [0.2, 0.25) is 0 Å². The molecular weight excluding hydrogens is 268 g/mol. The van der Waals surface area contributed by atoms with E-state index in [4.69, 9.17) is 17.3 Å². The molecule has 0 saturated carbocycles. The van der Waals surface area contributed by atoms with Gasteiger partial charge in [-0.3, -0.25) is 4.90 Å². The van der Waals surface area contributed by atoms with Gasteiger partial charge in [0.25, 0.3) is 0 Å². The minimum atomic E-state index is 0.160. The molecular formula is C17H27ClN2. The Labute approximate surface area is 128 Å². The van der Waals surface area contributed by atoms with Crippen LogP contribution in [0.3, 0.4) is 0 Å². The van der Waals surface area contributed by atoms with Crippen LogP contribution in [-0.2, 0) is 0 Å². The Bertz CT molecular complexity index is 433. The minimum Gasteiger partial charge on any atom is -0.326 e. The van der Waals surface area contributed by atoms with Crippen molar-refractivity contribution in [2.24, 2.45) is 11.7 Å². The molecule has 0 aromatic heterocycles. The highest BCUT2D eigenvalue weighted by Crippen LogP contribution is 2.35. The van der Waals surface area contributed by atoms with Crippen molar-refractivity contribution in [1.29, 1.82) is 0 Å². The first-order valence-corrected chi connectivity index (χ1v) is 8.19. The molecule has 0 bridgehead atoms. The summed E-state index contributed by atoms with van der Waals surface area (Å²) in [7, 11) is 0. The SMILES string of the molecule is CCC(N)C(c1cccc(Cl)c1)N1CCCC1C(C)C. The van der Waals surface area contributed by atoms with Gasteiger partial charge in [-0.2, -0.15) is 0 Å². The van der Waals surface area contributed by atoms with Gasteiger partial charge in [0, 0.05) is 17.1 Å². The fourth-order valence-electron chi connectivity index (χ4n) is 3.47. The van der Waals surface area contributed by atoms with Crippen molar-refractivity contribution >= 4 is 11.6 Å². The van der Waals surface area contributed by atoms with Crippen LogP contribution in [0.4, 0.5) is 0 Å². The molecule has 0 spiro atoms. The van der Waals surface area contributed by atoms with Gasteiger partial charge in [0.15, 0.2) is 0 Å². The van der Waals surface area contributed by atoms with Crippen LogP contribution in [0, 0.1) is 5.92 Å². The Morgan fingerprint density at radius 2 is 2.15 bits per heavy atom. The molecule has 1 aliphatic heterocycles. The minimum absolute atomic E-state index is 0.160. The number of nitrogens with two attached hydrogens (primary N) is 1. The molecule has 2 nitrogen and oxygen atoms in total. The van der Waals surface area contributed by atoms with Crippen molar-refractivity contribution in [3.8, 4) is 0 Å². The number of nitrogens with zero attached hydrogens (tertiary/aromatic N) is 1.